The molecule has 6 heteroatoms. The van der Waals surface area contributed by atoms with Gasteiger partial charge >= 0.3 is 5.97 Å². The van der Waals surface area contributed by atoms with Crippen LogP contribution in [0.3, 0.4) is 0 Å². The average molecular weight is 332 g/mol. The predicted molar refractivity (Wildman–Crippen MR) is 89.5 cm³/mol. The third kappa shape index (κ3) is 4.34. The van der Waals surface area contributed by atoms with Gasteiger partial charge in [0.2, 0.25) is 5.91 Å². The van der Waals surface area contributed by atoms with Crippen molar-refractivity contribution in [1.82, 2.24) is 10.2 Å². The van der Waals surface area contributed by atoms with Gasteiger partial charge in [0, 0.05) is 12.1 Å². The van der Waals surface area contributed by atoms with Crippen LogP contribution < -0.4 is 5.32 Å². The predicted octanol–water partition coefficient (Wildman–Crippen LogP) is 1.91. The zero-order chi connectivity index (χ0) is 17.7. The second-order valence-corrected chi connectivity index (χ2v) is 6.55. The molecule has 1 aliphatic heterocycles. The fraction of sp³-hybridized carbons (Fsp3) is 0.500. The van der Waals surface area contributed by atoms with E-state index in [2.05, 4.69) is 5.32 Å². The van der Waals surface area contributed by atoms with Gasteiger partial charge in [-0.05, 0) is 37.3 Å². The molecule has 1 aromatic rings. The Labute approximate surface area is 141 Å². The van der Waals surface area contributed by atoms with E-state index in [4.69, 9.17) is 0 Å². The maximum atomic E-state index is 12.8. The molecule has 1 aromatic carbocycles. The van der Waals surface area contributed by atoms with E-state index in [1.807, 2.05) is 19.9 Å². The summed E-state index contributed by atoms with van der Waals surface area (Å²) < 4.78 is 0. The van der Waals surface area contributed by atoms with Crippen LogP contribution in [0.1, 0.15) is 43.5 Å². The second-order valence-electron chi connectivity index (χ2n) is 6.55. The van der Waals surface area contributed by atoms with E-state index >= 15 is 0 Å². The molecule has 0 aliphatic carbocycles. The van der Waals surface area contributed by atoms with Crippen LogP contribution in [-0.4, -0.2) is 46.4 Å². The van der Waals surface area contributed by atoms with Crippen molar-refractivity contribution in [2.24, 2.45) is 5.92 Å². The zero-order valence-corrected chi connectivity index (χ0v) is 14.1. The largest absolute Gasteiger partial charge is 0.480 e. The molecule has 0 spiro atoms. The minimum atomic E-state index is -0.987. The summed E-state index contributed by atoms with van der Waals surface area (Å²) in [7, 11) is 0. The first-order valence-electron chi connectivity index (χ1n) is 8.29. The number of likely N-dealkylation sites (tertiary alicyclic amines) is 1. The number of nitrogens with zero attached hydrogens (tertiary/aromatic N) is 1. The molecule has 2 atom stereocenters. The number of rotatable bonds is 6. The summed E-state index contributed by atoms with van der Waals surface area (Å²) in [6.45, 7) is 4.35. The van der Waals surface area contributed by atoms with Gasteiger partial charge in [-0.25, -0.2) is 4.79 Å². The van der Waals surface area contributed by atoms with Gasteiger partial charge in [-0.1, -0.05) is 32.0 Å². The SMILES string of the molecule is CC(C)C[C@H](NC(=O)c1ccccc1)C(=O)N1CCC[C@H]1C(=O)O. The van der Waals surface area contributed by atoms with Crippen LogP contribution in [-0.2, 0) is 9.59 Å². The van der Waals surface area contributed by atoms with Gasteiger partial charge in [0.05, 0.1) is 0 Å². The van der Waals surface area contributed by atoms with E-state index < -0.39 is 18.1 Å². The second kappa shape index (κ2) is 7.95. The molecule has 1 heterocycles. The highest BCUT2D eigenvalue weighted by Gasteiger charge is 2.37. The molecule has 0 aromatic heterocycles. The van der Waals surface area contributed by atoms with Crippen molar-refractivity contribution in [1.29, 1.82) is 0 Å². The average Bonchev–Trinajstić information content (AvgIpc) is 3.03. The Morgan fingerprint density at radius 3 is 2.50 bits per heavy atom. The normalized spacial score (nSPS) is 18.5. The summed E-state index contributed by atoms with van der Waals surface area (Å²) in [6.07, 6.45) is 1.60. The van der Waals surface area contributed by atoms with Crippen LogP contribution >= 0.6 is 0 Å². The minimum Gasteiger partial charge on any atom is -0.480 e. The Hall–Kier alpha value is -2.37. The van der Waals surface area contributed by atoms with Crippen LogP contribution in [0.15, 0.2) is 30.3 Å². The minimum absolute atomic E-state index is 0.195. The van der Waals surface area contributed by atoms with Crippen molar-refractivity contribution in [3.05, 3.63) is 35.9 Å². The van der Waals surface area contributed by atoms with Crippen LogP contribution in [0.25, 0.3) is 0 Å². The highest BCUT2D eigenvalue weighted by Crippen LogP contribution is 2.20. The van der Waals surface area contributed by atoms with E-state index in [1.165, 1.54) is 4.90 Å². The van der Waals surface area contributed by atoms with Gasteiger partial charge in [-0.3, -0.25) is 9.59 Å². The molecule has 0 saturated carbocycles. The number of amides is 2. The molecule has 130 valence electrons. The first-order valence-corrected chi connectivity index (χ1v) is 8.29. The number of carbonyl (C=O) groups excluding carboxylic acids is 2. The smallest absolute Gasteiger partial charge is 0.326 e. The number of nitrogens with one attached hydrogen (secondary N) is 1. The van der Waals surface area contributed by atoms with Crippen LogP contribution in [0.5, 0.6) is 0 Å². The third-order valence-corrected chi connectivity index (χ3v) is 4.17. The quantitative estimate of drug-likeness (QED) is 0.833. The Kier molecular flexibility index (Phi) is 5.95. The van der Waals surface area contributed by atoms with Crippen molar-refractivity contribution in [2.45, 2.75) is 45.2 Å². The lowest BCUT2D eigenvalue weighted by molar-refractivity contribution is -0.149. The van der Waals surface area contributed by atoms with Crippen molar-refractivity contribution in [3.63, 3.8) is 0 Å². The fourth-order valence-corrected chi connectivity index (χ4v) is 3.01. The van der Waals surface area contributed by atoms with E-state index in [-0.39, 0.29) is 17.7 Å². The third-order valence-electron chi connectivity index (χ3n) is 4.17. The monoisotopic (exact) mass is 332 g/mol. The maximum absolute atomic E-state index is 12.8. The van der Waals surface area contributed by atoms with Crippen molar-refractivity contribution in [2.75, 3.05) is 6.54 Å². The Morgan fingerprint density at radius 2 is 1.92 bits per heavy atom. The maximum Gasteiger partial charge on any atom is 0.326 e. The summed E-state index contributed by atoms with van der Waals surface area (Å²) in [6, 6.07) is 7.20. The van der Waals surface area contributed by atoms with Crippen LogP contribution in [0.4, 0.5) is 0 Å². The Bertz CT molecular complexity index is 600. The van der Waals surface area contributed by atoms with Gasteiger partial charge in [0.15, 0.2) is 0 Å². The molecule has 0 radical (unpaired) electrons. The molecule has 2 N–H and O–H groups in total. The number of carboxylic acid groups (broad SMARTS) is 1. The number of carboxylic acids is 1. The highest BCUT2D eigenvalue weighted by atomic mass is 16.4. The van der Waals surface area contributed by atoms with Crippen molar-refractivity contribution >= 4 is 17.8 Å². The van der Waals surface area contributed by atoms with E-state index in [0.29, 0.717) is 31.4 Å². The molecule has 2 amide bonds. The van der Waals surface area contributed by atoms with Gasteiger partial charge in [0.1, 0.15) is 12.1 Å². The van der Waals surface area contributed by atoms with Gasteiger partial charge in [-0.2, -0.15) is 0 Å². The Morgan fingerprint density at radius 1 is 1.25 bits per heavy atom. The van der Waals surface area contributed by atoms with Gasteiger partial charge < -0.3 is 15.3 Å². The zero-order valence-electron chi connectivity index (χ0n) is 14.1. The standard InChI is InChI=1S/C18H24N2O4/c1-12(2)11-14(19-16(21)13-7-4-3-5-8-13)17(22)20-10-6-9-15(20)18(23)24/h3-5,7-8,12,14-15H,6,9-11H2,1-2H3,(H,19,21)(H,23,24)/t14-,15-/m0/s1. The number of hydrogen-bond donors (Lipinski definition) is 2. The number of benzene rings is 1. The molecular formula is C18H24N2O4. The molecule has 0 bridgehead atoms. The summed E-state index contributed by atoms with van der Waals surface area (Å²) in [5, 5.41) is 12.1. The van der Waals surface area contributed by atoms with Crippen molar-refractivity contribution in [3.8, 4) is 0 Å². The topological polar surface area (TPSA) is 86.7 Å². The van der Waals surface area contributed by atoms with Crippen molar-refractivity contribution < 1.29 is 19.5 Å². The molecule has 24 heavy (non-hydrogen) atoms. The van der Waals surface area contributed by atoms with Crippen LogP contribution in [0, 0.1) is 5.92 Å². The van der Waals surface area contributed by atoms with E-state index in [1.54, 1.807) is 24.3 Å². The van der Waals surface area contributed by atoms with Gasteiger partial charge in [0.25, 0.3) is 5.91 Å². The molecular weight excluding hydrogens is 308 g/mol. The molecule has 2 rings (SSSR count). The molecule has 0 unspecified atom stereocenters. The lowest BCUT2D eigenvalue weighted by Crippen LogP contribution is -2.52. The summed E-state index contributed by atoms with van der Waals surface area (Å²) in [5.74, 6) is -1.42. The van der Waals surface area contributed by atoms with E-state index in [0.717, 1.165) is 0 Å². The number of aliphatic carboxylic acids is 1. The summed E-state index contributed by atoms with van der Waals surface area (Å²) in [5.41, 5.74) is 0.482. The highest BCUT2D eigenvalue weighted by molar-refractivity contribution is 5.98. The van der Waals surface area contributed by atoms with Crippen LogP contribution in [0.2, 0.25) is 0 Å². The number of hydrogen-bond acceptors (Lipinski definition) is 3. The number of carbonyl (C=O) groups is 3. The molecule has 1 aliphatic rings. The Balaban J connectivity index is 2.14. The summed E-state index contributed by atoms with van der Waals surface area (Å²) in [4.78, 5) is 37.9. The molecule has 1 fully saturated rings. The van der Waals surface area contributed by atoms with Gasteiger partial charge in [-0.15, -0.1) is 0 Å². The first kappa shape index (κ1) is 18.0. The molecule has 6 nitrogen and oxygen atoms in total. The lowest BCUT2D eigenvalue weighted by atomic mass is 10.0. The first-order chi connectivity index (χ1) is 11.4. The fourth-order valence-electron chi connectivity index (χ4n) is 3.01. The summed E-state index contributed by atoms with van der Waals surface area (Å²) >= 11 is 0. The van der Waals surface area contributed by atoms with E-state index in [9.17, 15) is 19.5 Å². The lowest BCUT2D eigenvalue weighted by Gasteiger charge is -2.28. The molecule has 1 saturated heterocycles.